The van der Waals surface area contributed by atoms with Gasteiger partial charge < -0.3 is 24.3 Å². The van der Waals surface area contributed by atoms with Crippen LogP contribution in [-0.4, -0.2) is 67.4 Å². The second kappa shape index (κ2) is 8.86. The van der Waals surface area contributed by atoms with Crippen LogP contribution >= 0.6 is 11.6 Å². The molecule has 4 atom stereocenters. The Kier molecular flexibility index (Phi) is 5.77. The summed E-state index contributed by atoms with van der Waals surface area (Å²) in [7, 11) is -3.24. The number of ether oxygens (including phenoxy) is 3. The Hall–Kier alpha value is -2.95. The van der Waals surface area contributed by atoms with Crippen LogP contribution in [-0.2, 0) is 19.3 Å². The predicted octanol–water partition coefficient (Wildman–Crippen LogP) is 3.86. The number of aliphatic hydroxyl groups excluding tert-OH is 1. The zero-order chi connectivity index (χ0) is 25.0. The summed E-state index contributed by atoms with van der Waals surface area (Å²) >= 11 is 6.58. The molecule has 1 unspecified atom stereocenters. The number of rotatable bonds is 5. The van der Waals surface area contributed by atoms with Crippen molar-refractivity contribution >= 4 is 32.5 Å². The van der Waals surface area contributed by atoms with E-state index in [4.69, 9.17) is 30.8 Å². The molecule has 8 nitrogen and oxygen atoms in total. The van der Waals surface area contributed by atoms with E-state index in [1.807, 2.05) is 36.4 Å². The molecule has 0 aliphatic carbocycles. The van der Waals surface area contributed by atoms with Crippen molar-refractivity contribution in [2.75, 3.05) is 19.5 Å². The fraction of sp³-hybridized carbons (Fsp3) is 0.269. The largest absolute Gasteiger partial charge is 0.470 e. The van der Waals surface area contributed by atoms with Gasteiger partial charge in [-0.05, 0) is 29.3 Å². The Labute approximate surface area is 212 Å². The SMILES string of the molecule is CS(=O)(=O)c1ccc(-c2ccc(-c3nc4cc(O[C@@H]5COC6[C@H](O)CO[C@@H]65)[nH]c4cc3Cl)cc2)cc1. The number of aliphatic hydroxyl groups is 1. The quantitative estimate of drug-likeness (QED) is 0.406. The lowest BCUT2D eigenvalue weighted by Crippen LogP contribution is -2.34. The van der Waals surface area contributed by atoms with Gasteiger partial charge in [0.15, 0.2) is 21.8 Å². The average molecular weight is 527 g/mol. The van der Waals surface area contributed by atoms with Gasteiger partial charge in [-0.2, -0.15) is 0 Å². The first-order chi connectivity index (χ1) is 17.3. The van der Waals surface area contributed by atoms with Gasteiger partial charge in [0, 0.05) is 17.9 Å². The molecule has 0 saturated carbocycles. The summed E-state index contributed by atoms with van der Waals surface area (Å²) in [5.74, 6) is 0.526. The fourth-order valence-corrected chi connectivity index (χ4v) is 5.59. The summed E-state index contributed by atoms with van der Waals surface area (Å²) in [5.41, 5.74) is 4.79. The van der Waals surface area contributed by atoms with Crippen molar-refractivity contribution in [3.63, 3.8) is 0 Å². The third-order valence-electron chi connectivity index (χ3n) is 6.57. The first kappa shape index (κ1) is 23.4. The highest BCUT2D eigenvalue weighted by molar-refractivity contribution is 7.90. The molecule has 2 aliphatic heterocycles. The third kappa shape index (κ3) is 4.27. The van der Waals surface area contributed by atoms with Crippen molar-refractivity contribution < 1.29 is 27.7 Å². The van der Waals surface area contributed by atoms with E-state index in [1.54, 1.807) is 24.3 Å². The number of fused-ring (bicyclic) bond motifs is 2. The number of nitrogens with one attached hydrogen (secondary N) is 1. The van der Waals surface area contributed by atoms with Crippen LogP contribution in [0.5, 0.6) is 5.88 Å². The van der Waals surface area contributed by atoms with E-state index in [2.05, 4.69) is 4.98 Å². The van der Waals surface area contributed by atoms with Gasteiger partial charge in [0.25, 0.3) is 0 Å². The molecular formula is C26H23ClN2O6S. The summed E-state index contributed by atoms with van der Waals surface area (Å²) in [6.45, 7) is 0.581. The van der Waals surface area contributed by atoms with Crippen molar-refractivity contribution in [2.24, 2.45) is 0 Å². The van der Waals surface area contributed by atoms with E-state index in [0.717, 1.165) is 22.2 Å². The summed E-state index contributed by atoms with van der Waals surface area (Å²) < 4.78 is 40.7. The lowest BCUT2D eigenvalue weighted by Gasteiger charge is -2.16. The van der Waals surface area contributed by atoms with Gasteiger partial charge >= 0.3 is 0 Å². The lowest BCUT2D eigenvalue weighted by atomic mass is 10.0. The highest BCUT2D eigenvalue weighted by Crippen LogP contribution is 2.34. The van der Waals surface area contributed by atoms with Gasteiger partial charge in [-0.25, -0.2) is 13.4 Å². The maximum atomic E-state index is 11.7. The van der Waals surface area contributed by atoms with Crippen molar-refractivity contribution in [3.05, 3.63) is 65.7 Å². The fourth-order valence-electron chi connectivity index (χ4n) is 4.70. The van der Waals surface area contributed by atoms with E-state index >= 15 is 0 Å². The first-order valence-electron chi connectivity index (χ1n) is 11.4. The second-order valence-electron chi connectivity index (χ2n) is 9.08. The van der Waals surface area contributed by atoms with Crippen molar-refractivity contribution in [2.45, 2.75) is 29.3 Å². The van der Waals surface area contributed by atoms with E-state index < -0.39 is 15.9 Å². The number of benzene rings is 2. The highest BCUT2D eigenvalue weighted by atomic mass is 35.5. The Morgan fingerprint density at radius 1 is 0.972 bits per heavy atom. The number of hydrogen-bond donors (Lipinski definition) is 2. The van der Waals surface area contributed by atoms with Gasteiger partial charge in [0.1, 0.15) is 18.3 Å². The van der Waals surface area contributed by atoms with Crippen LogP contribution in [0, 0.1) is 0 Å². The van der Waals surface area contributed by atoms with Crippen molar-refractivity contribution in [1.29, 1.82) is 0 Å². The van der Waals surface area contributed by atoms with Crippen LogP contribution in [0.1, 0.15) is 0 Å². The molecule has 186 valence electrons. The van der Waals surface area contributed by atoms with Crippen LogP contribution < -0.4 is 4.74 Å². The van der Waals surface area contributed by atoms with Crippen LogP contribution in [0.2, 0.25) is 5.02 Å². The molecule has 0 radical (unpaired) electrons. The van der Waals surface area contributed by atoms with Crippen LogP contribution in [0.25, 0.3) is 33.4 Å². The van der Waals surface area contributed by atoms with Gasteiger partial charge in [0.05, 0.1) is 39.9 Å². The lowest BCUT2D eigenvalue weighted by molar-refractivity contribution is 0.00794. The van der Waals surface area contributed by atoms with Crippen LogP contribution in [0.4, 0.5) is 0 Å². The smallest absolute Gasteiger partial charge is 0.193 e. The average Bonchev–Trinajstić information content (AvgIpc) is 3.55. The highest BCUT2D eigenvalue weighted by Gasteiger charge is 2.48. The van der Waals surface area contributed by atoms with E-state index in [1.165, 1.54) is 6.26 Å². The minimum absolute atomic E-state index is 0.243. The molecule has 4 heterocycles. The summed E-state index contributed by atoms with van der Waals surface area (Å²) in [6.07, 6.45) is -0.432. The maximum absolute atomic E-state index is 11.7. The minimum Gasteiger partial charge on any atom is -0.470 e. The standard InChI is InChI=1S/C26H23ClN2O6S/c1-36(31,32)17-8-6-15(7-9-17)14-2-4-16(5-3-14)24-18(27)10-19-20(29-24)11-23(28-19)35-22-13-34-25-21(30)12-33-26(22)25/h2-11,21-22,25-26,28,30H,12-13H2,1H3/t21-,22-,25?,26-/m1/s1. The molecule has 2 N–H and O–H groups in total. The zero-order valence-corrected chi connectivity index (χ0v) is 20.8. The summed E-state index contributed by atoms with van der Waals surface area (Å²) in [5, 5.41) is 10.4. The number of H-pyrrole nitrogens is 1. The molecule has 0 bridgehead atoms. The summed E-state index contributed by atoms with van der Waals surface area (Å²) in [4.78, 5) is 8.23. The van der Waals surface area contributed by atoms with Gasteiger partial charge in [-0.1, -0.05) is 48.0 Å². The Morgan fingerprint density at radius 2 is 1.61 bits per heavy atom. The Morgan fingerprint density at radius 3 is 2.31 bits per heavy atom. The number of pyridine rings is 1. The number of halogens is 1. The number of aromatic amines is 1. The maximum Gasteiger partial charge on any atom is 0.193 e. The van der Waals surface area contributed by atoms with Crippen LogP contribution in [0.3, 0.4) is 0 Å². The summed E-state index contributed by atoms with van der Waals surface area (Å²) in [6, 6.07) is 18.2. The Bertz CT molecular complexity index is 1540. The molecule has 0 spiro atoms. The van der Waals surface area contributed by atoms with Gasteiger partial charge in [-0.15, -0.1) is 0 Å². The van der Waals surface area contributed by atoms with Gasteiger partial charge in [0.2, 0.25) is 0 Å². The van der Waals surface area contributed by atoms with E-state index in [9.17, 15) is 13.5 Å². The topological polar surface area (TPSA) is 111 Å². The Balaban J connectivity index is 1.23. The second-order valence-corrected chi connectivity index (χ2v) is 11.5. The monoisotopic (exact) mass is 526 g/mol. The molecule has 2 aromatic carbocycles. The molecular weight excluding hydrogens is 504 g/mol. The minimum atomic E-state index is -3.24. The van der Waals surface area contributed by atoms with Crippen molar-refractivity contribution in [1.82, 2.24) is 9.97 Å². The predicted molar refractivity (Wildman–Crippen MR) is 135 cm³/mol. The number of sulfone groups is 1. The molecule has 10 heteroatoms. The number of nitrogens with zero attached hydrogens (tertiary/aromatic N) is 1. The normalized spacial score (nSPS) is 23.8. The third-order valence-corrected chi connectivity index (χ3v) is 7.98. The van der Waals surface area contributed by atoms with E-state index in [-0.39, 0.29) is 29.8 Å². The molecule has 36 heavy (non-hydrogen) atoms. The first-order valence-corrected chi connectivity index (χ1v) is 13.7. The number of aromatic nitrogens is 2. The van der Waals surface area contributed by atoms with Crippen molar-refractivity contribution in [3.8, 4) is 28.3 Å². The zero-order valence-electron chi connectivity index (χ0n) is 19.2. The van der Waals surface area contributed by atoms with Gasteiger partial charge in [-0.3, -0.25) is 0 Å². The molecule has 2 fully saturated rings. The number of hydrogen-bond acceptors (Lipinski definition) is 7. The van der Waals surface area contributed by atoms with Crippen LogP contribution in [0.15, 0.2) is 65.6 Å². The molecule has 0 amide bonds. The molecule has 6 rings (SSSR count). The molecule has 2 saturated heterocycles. The van der Waals surface area contributed by atoms with E-state index in [0.29, 0.717) is 28.7 Å². The molecule has 4 aromatic rings. The molecule has 2 aromatic heterocycles. The molecule has 2 aliphatic rings.